The summed E-state index contributed by atoms with van der Waals surface area (Å²) >= 11 is 0. The first-order chi connectivity index (χ1) is 12.2. The monoisotopic (exact) mass is 332 g/mol. The number of carbonyl (C=O) groups excluding carboxylic acids is 1. The molecule has 0 saturated carbocycles. The zero-order chi connectivity index (χ0) is 17.5. The van der Waals surface area contributed by atoms with E-state index in [9.17, 15) is 4.79 Å². The molecule has 0 fully saturated rings. The average Bonchev–Trinajstić information content (AvgIpc) is 2.67. The Morgan fingerprint density at radius 3 is 2.12 bits per heavy atom. The summed E-state index contributed by atoms with van der Waals surface area (Å²) in [6.45, 7) is 2.17. The summed E-state index contributed by atoms with van der Waals surface area (Å²) in [6, 6.07) is 26.7. The molecule has 0 amide bonds. The molecule has 1 atom stereocenters. The standard InChI is InChI=1S/C22H20O3/c1-17-10-8-9-15-20(17)25-21(19-13-6-3-7-14-19)22(23)24-16-18-11-4-2-5-12-18/h2-15,21H,16H2,1H3. The summed E-state index contributed by atoms with van der Waals surface area (Å²) in [7, 11) is 0. The van der Waals surface area contributed by atoms with E-state index in [-0.39, 0.29) is 6.61 Å². The second kappa shape index (κ2) is 8.15. The van der Waals surface area contributed by atoms with Gasteiger partial charge in [-0.15, -0.1) is 0 Å². The predicted molar refractivity (Wildman–Crippen MR) is 97.2 cm³/mol. The zero-order valence-corrected chi connectivity index (χ0v) is 14.1. The second-order valence-corrected chi connectivity index (χ2v) is 5.77. The number of para-hydroxylation sites is 1. The summed E-state index contributed by atoms with van der Waals surface area (Å²) in [6.07, 6.45) is -0.800. The Morgan fingerprint density at radius 2 is 1.44 bits per heavy atom. The number of rotatable bonds is 6. The lowest BCUT2D eigenvalue weighted by Gasteiger charge is -2.19. The van der Waals surface area contributed by atoms with Crippen LogP contribution in [0.3, 0.4) is 0 Å². The lowest BCUT2D eigenvalue weighted by molar-refractivity contribution is -0.153. The van der Waals surface area contributed by atoms with Crippen molar-refractivity contribution in [2.75, 3.05) is 0 Å². The Labute approximate surface area is 147 Å². The fourth-order valence-electron chi connectivity index (χ4n) is 2.50. The van der Waals surface area contributed by atoms with E-state index in [4.69, 9.17) is 9.47 Å². The topological polar surface area (TPSA) is 35.5 Å². The van der Waals surface area contributed by atoms with Crippen molar-refractivity contribution in [3.8, 4) is 5.75 Å². The van der Waals surface area contributed by atoms with Crippen LogP contribution < -0.4 is 4.74 Å². The van der Waals surface area contributed by atoms with Crippen LogP contribution in [0, 0.1) is 6.92 Å². The Bertz CT molecular complexity index is 813. The van der Waals surface area contributed by atoms with Gasteiger partial charge in [0.2, 0.25) is 6.10 Å². The Morgan fingerprint density at radius 1 is 0.840 bits per heavy atom. The largest absolute Gasteiger partial charge is 0.474 e. The Hall–Kier alpha value is -3.07. The van der Waals surface area contributed by atoms with Gasteiger partial charge in [-0.1, -0.05) is 78.9 Å². The average molecular weight is 332 g/mol. The van der Waals surface area contributed by atoms with Crippen LogP contribution >= 0.6 is 0 Å². The normalized spacial score (nSPS) is 11.6. The van der Waals surface area contributed by atoms with E-state index < -0.39 is 12.1 Å². The SMILES string of the molecule is Cc1ccccc1OC(C(=O)OCc1ccccc1)c1ccccc1. The van der Waals surface area contributed by atoms with Gasteiger partial charge < -0.3 is 9.47 Å². The molecule has 0 aliphatic rings. The summed E-state index contributed by atoms with van der Waals surface area (Å²) in [5.74, 6) is 0.270. The fraction of sp³-hybridized carbons (Fsp3) is 0.136. The number of ether oxygens (including phenoxy) is 2. The molecule has 1 unspecified atom stereocenters. The third-order valence-electron chi connectivity index (χ3n) is 3.88. The molecule has 0 aliphatic heterocycles. The lowest BCUT2D eigenvalue weighted by atomic mass is 10.1. The molecular formula is C22H20O3. The summed E-state index contributed by atoms with van der Waals surface area (Å²) < 4.78 is 11.5. The number of esters is 1. The predicted octanol–water partition coefficient (Wildman–Crippen LogP) is 4.86. The van der Waals surface area contributed by atoms with Gasteiger partial charge in [0.15, 0.2) is 0 Å². The lowest BCUT2D eigenvalue weighted by Crippen LogP contribution is -2.21. The zero-order valence-electron chi connectivity index (χ0n) is 14.1. The molecule has 3 aromatic rings. The first kappa shape index (κ1) is 16.8. The van der Waals surface area contributed by atoms with Crippen LogP contribution in [0.4, 0.5) is 0 Å². The number of hydrogen-bond donors (Lipinski definition) is 0. The van der Waals surface area contributed by atoms with Gasteiger partial charge >= 0.3 is 5.97 Å². The molecule has 0 N–H and O–H groups in total. The number of carbonyl (C=O) groups is 1. The van der Waals surface area contributed by atoms with Crippen molar-refractivity contribution in [2.45, 2.75) is 19.6 Å². The number of aryl methyl sites for hydroxylation is 1. The molecule has 3 aromatic carbocycles. The second-order valence-electron chi connectivity index (χ2n) is 5.77. The van der Waals surface area contributed by atoms with Crippen molar-refractivity contribution >= 4 is 5.97 Å². The van der Waals surface area contributed by atoms with Gasteiger partial charge in [0.05, 0.1) is 0 Å². The highest BCUT2D eigenvalue weighted by Gasteiger charge is 2.25. The van der Waals surface area contributed by atoms with E-state index in [2.05, 4.69) is 0 Å². The van der Waals surface area contributed by atoms with Crippen molar-refractivity contribution in [3.05, 3.63) is 102 Å². The maximum absolute atomic E-state index is 12.7. The van der Waals surface area contributed by atoms with Gasteiger partial charge in [-0.3, -0.25) is 0 Å². The molecule has 3 heteroatoms. The minimum atomic E-state index is -0.800. The van der Waals surface area contributed by atoms with Crippen LogP contribution in [0.1, 0.15) is 22.8 Å². The van der Waals surface area contributed by atoms with Crippen LogP contribution in [-0.2, 0) is 16.1 Å². The minimum absolute atomic E-state index is 0.222. The van der Waals surface area contributed by atoms with Crippen molar-refractivity contribution in [1.29, 1.82) is 0 Å². The Balaban J connectivity index is 1.78. The molecule has 0 bridgehead atoms. The highest BCUT2D eigenvalue weighted by atomic mass is 16.6. The quantitative estimate of drug-likeness (QED) is 0.605. The summed E-state index contributed by atoms with van der Waals surface area (Å²) in [4.78, 5) is 12.7. The van der Waals surface area contributed by atoms with Gasteiger partial charge in [-0.2, -0.15) is 0 Å². The smallest absolute Gasteiger partial charge is 0.352 e. The van der Waals surface area contributed by atoms with Gasteiger partial charge in [0, 0.05) is 5.56 Å². The number of hydrogen-bond acceptors (Lipinski definition) is 3. The summed E-state index contributed by atoms with van der Waals surface area (Å²) in [5.41, 5.74) is 2.68. The van der Waals surface area contributed by atoms with Crippen molar-refractivity contribution < 1.29 is 14.3 Å². The first-order valence-corrected chi connectivity index (χ1v) is 8.22. The molecule has 3 rings (SSSR count). The van der Waals surface area contributed by atoms with E-state index in [1.54, 1.807) is 0 Å². The van der Waals surface area contributed by atoms with Crippen LogP contribution in [0.15, 0.2) is 84.9 Å². The van der Waals surface area contributed by atoms with Crippen LogP contribution in [0.5, 0.6) is 5.75 Å². The van der Waals surface area contributed by atoms with Gasteiger partial charge in [0.25, 0.3) is 0 Å². The maximum atomic E-state index is 12.7. The van der Waals surface area contributed by atoms with Crippen molar-refractivity contribution in [3.63, 3.8) is 0 Å². The van der Waals surface area contributed by atoms with E-state index in [1.165, 1.54) is 0 Å². The molecule has 0 saturated heterocycles. The maximum Gasteiger partial charge on any atom is 0.352 e. The molecule has 0 spiro atoms. The van der Waals surface area contributed by atoms with E-state index >= 15 is 0 Å². The number of benzene rings is 3. The van der Waals surface area contributed by atoms with Crippen molar-refractivity contribution in [1.82, 2.24) is 0 Å². The van der Waals surface area contributed by atoms with Gasteiger partial charge in [-0.05, 0) is 24.1 Å². The molecule has 126 valence electrons. The fourth-order valence-corrected chi connectivity index (χ4v) is 2.50. The van der Waals surface area contributed by atoms with Crippen LogP contribution in [-0.4, -0.2) is 5.97 Å². The molecule has 0 radical (unpaired) electrons. The molecule has 0 aliphatic carbocycles. The molecule has 0 aromatic heterocycles. The van der Waals surface area contributed by atoms with Crippen molar-refractivity contribution in [2.24, 2.45) is 0 Å². The van der Waals surface area contributed by atoms with Gasteiger partial charge in [0.1, 0.15) is 12.4 Å². The molecule has 0 heterocycles. The van der Waals surface area contributed by atoms with Crippen LogP contribution in [0.25, 0.3) is 0 Å². The van der Waals surface area contributed by atoms with Crippen LogP contribution in [0.2, 0.25) is 0 Å². The van der Waals surface area contributed by atoms with E-state index in [1.807, 2.05) is 91.9 Å². The third-order valence-corrected chi connectivity index (χ3v) is 3.88. The summed E-state index contributed by atoms with van der Waals surface area (Å²) in [5, 5.41) is 0. The molecule has 25 heavy (non-hydrogen) atoms. The van der Waals surface area contributed by atoms with Gasteiger partial charge in [-0.25, -0.2) is 4.79 Å². The minimum Gasteiger partial charge on any atom is -0.474 e. The highest BCUT2D eigenvalue weighted by molar-refractivity contribution is 5.77. The highest BCUT2D eigenvalue weighted by Crippen LogP contribution is 2.26. The Kier molecular flexibility index (Phi) is 5.47. The molecular weight excluding hydrogens is 312 g/mol. The van der Waals surface area contributed by atoms with E-state index in [0.29, 0.717) is 5.75 Å². The van der Waals surface area contributed by atoms with E-state index in [0.717, 1.165) is 16.7 Å². The molecule has 3 nitrogen and oxygen atoms in total. The first-order valence-electron chi connectivity index (χ1n) is 8.22. The third kappa shape index (κ3) is 4.48.